The SMILES string of the molecule is O=C(CSc1ccccc1[N+](=O)[O-])Oc1ccc([N+](=O)[O-])cc1. The standard InChI is InChI=1S/C14H10N2O6S/c17-14(22-11-7-5-10(6-8-11)15(18)19)9-23-13-4-2-1-3-12(13)16(20)21/h1-8H,9H2. The van der Waals surface area contributed by atoms with Crippen LogP contribution in [0.5, 0.6) is 5.75 Å². The summed E-state index contributed by atoms with van der Waals surface area (Å²) >= 11 is 0.986. The van der Waals surface area contributed by atoms with Crippen LogP contribution in [0, 0.1) is 20.2 Å². The van der Waals surface area contributed by atoms with E-state index in [0.29, 0.717) is 4.90 Å². The van der Waals surface area contributed by atoms with Gasteiger partial charge in [-0.2, -0.15) is 0 Å². The van der Waals surface area contributed by atoms with Crippen LogP contribution in [0.3, 0.4) is 0 Å². The van der Waals surface area contributed by atoms with E-state index < -0.39 is 15.8 Å². The highest BCUT2D eigenvalue weighted by molar-refractivity contribution is 8.00. The summed E-state index contributed by atoms with van der Waals surface area (Å²) in [6.45, 7) is 0. The van der Waals surface area contributed by atoms with E-state index in [0.717, 1.165) is 11.8 Å². The van der Waals surface area contributed by atoms with Gasteiger partial charge in [-0.15, -0.1) is 11.8 Å². The van der Waals surface area contributed by atoms with Crippen molar-refractivity contribution in [1.82, 2.24) is 0 Å². The Balaban J connectivity index is 1.95. The number of nitro benzene ring substituents is 2. The predicted octanol–water partition coefficient (Wildman–Crippen LogP) is 3.20. The van der Waals surface area contributed by atoms with Crippen molar-refractivity contribution in [1.29, 1.82) is 0 Å². The van der Waals surface area contributed by atoms with Crippen LogP contribution >= 0.6 is 11.8 Å². The van der Waals surface area contributed by atoms with Gasteiger partial charge in [-0.3, -0.25) is 25.0 Å². The number of thioether (sulfide) groups is 1. The van der Waals surface area contributed by atoms with Gasteiger partial charge in [0.05, 0.1) is 20.5 Å². The van der Waals surface area contributed by atoms with Crippen molar-refractivity contribution in [3.05, 3.63) is 68.8 Å². The van der Waals surface area contributed by atoms with Crippen LogP contribution in [0.15, 0.2) is 53.4 Å². The lowest BCUT2D eigenvalue weighted by Crippen LogP contribution is -2.10. The summed E-state index contributed by atoms with van der Waals surface area (Å²) in [5, 5.41) is 21.4. The third kappa shape index (κ3) is 4.51. The van der Waals surface area contributed by atoms with Gasteiger partial charge >= 0.3 is 5.97 Å². The first-order valence-corrected chi connectivity index (χ1v) is 7.27. The van der Waals surface area contributed by atoms with E-state index >= 15 is 0 Å². The lowest BCUT2D eigenvalue weighted by atomic mass is 10.3. The summed E-state index contributed by atoms with van der Waals surface area (Å²) in [7, 11) is 0. The molecular formula is C14H10N2O6S. The summed E-state index contributed by atoms with van der Waals surface area (Å²) < 4.78 is 5.02. The fourth-order valence-electron chi connectivity index (χ4n) is 1.66. The van der Waals surface area contributed by atoms with Crippen molar-refractivity contribution in [3.63, 3.8) is 0 Å². The lowest BCUT2D eigenvalue weighted by molar-refractivity contribution is -0.387. The second kappa shape index (κ2) is 7.36. The first-order valence-electron chi connectivity index (χ1n) is 6.28. The van der Waals surface area contributed by atoms with Gasteiger partial charge in [0.25, 0.3) is 11.4 Å². The van der Waals surface area contributed by atoms with Crippen molar-refractivity contribution in [3.8, 4) is 5.75 Å². The molecule has 0 N–H and O–H groups in total. The molecule has 0 aliphatic rings. The largest absolute Gasteiger partial charge is 0.426 e. The molecule has 23 heavy (non-hydrogen) atoms. The van der Waals surface area contributed by atoms with Crippen LogP contribution in [0.1, 0.15) is 0 Å². The Morgan fingerprint density at radius 2 is 1.65 bits per heavy atom. The average molecular weight is 334 g/mol. The number of carbonyl (C=O) groups is 1. The summed E-state index contributed by atoms with van der Waals surface area (Å²) in [4.78, 5) is 32.4. The number of hydrogen-bond acceptors (Lipinski definition) is 7. The molecule has 8 nitrogen and oxygen atoms in total. The van der Waals surface area contributed by atoms with Gasteiger partial charge in [0.1, 0.15) is 5.75 Å². The summed E-state index contributed by atoms with van der Waals surface area (Å²) in [6.07, 6.45) is 0. The molecule has 0 saturated carbocycles. The topological polar surface area (TPSA) is 113 Å². The van der Waals surface area contributed by atoms with E-state index in [1.54, 1.807) is 12.1 Å². The van der Waals surface area contributed by atoms with E-state index in [9.17, 15) is 25.0 Å². The van der Waals surface area contributed by atoms with Gasteiger partial charge in [0, 0.05) is 18.2 Å². The molecule has 0 aliphatic carbocycles. The Labute approximate surface area is 134 Å². The number of hydrogen-bond donors (Lipinski definition) is 0. The van der Waals surface area contributed by atoms with Crippen LogP contribution in [0.2, 0.25) is 0 Å². The molecule has 9 heteroatoms. The quantitative estimate of drug-likeness (QED) is 0.262. The first kappa shape index (κ1) is 16.4. The van der Waals surface area contributed by atoms with Crippen LogP contribution < -0.4 is 4.74 Å². The molecule has 0 bridgehead atoms. The molecule has 0 aromatic heterocycles. The maximum Gasteiger partial charge on any atom is 0.321 e. The molecule has 0 aliphatic heterocycles. The minimum atomic E-state index is -0.609. The molecule has 0 heterocycles. The Kier molecular flexibility index (Phi) is 5.26. The molecule has 0 spiro atoms. The highest BCUT2D eigenvalue weighted by Gasteiger charge is 2.15. The van der Waals surface area contributed by atoms with Crippen molar-refractivity contribution in [2.45, 2.75) is 4.90 Å². The molecule has 0 radical (unpaired) electrons. The number of non-ortho nitro benzene ring substituents is 1. The van der Waals surface area contributed by atoms with E-state index in [2.05, 4.69) is 0 Å². The smallest absolute Gasteiger partial charge is 0.321 e. The van der Waals surface area contributed by atoms with Crippen LogP contribution in [-0.2, 0) is 4.79 Å². The third-order valence-corrected chi connectivity index (χ3v) is 3.72. The van der Waals surface area contributed by atoms with E-state index in [4.69, 9.17) is 4.74 Å². The summed E-state index contributed by atoms with van der Waals surface area (Å²) in [5.41, 5.74) is -0.195. The van der Waals surface area contributed by atoms with Crippen molar-refractivity contribution in [2.24, 2.45) is 0 Å². The second-order valence-electron chi connectivity index (χ2n) is 4.24. The van der Waals surface area contributed by atoms with Crippen molar-refractivity contribution >= 4 is 29.1 Å². The summed E-state index contributed by atoms with van der Waals surface area (Å²) in [6, 6.07) is 11.1. The number of rotatable bonds is 6. The molecule has 2 aromatic rings. The van der Waals surface area contributed by atoms with Crippen LogP contribution in [-0.4, -0.2) is 21.6 Å². The Morgan fingerprint density at radius 3 is 2.26 bits per heavy atom. The van der Waals surface area contributed by atoms with E-state index in [-0.39, 0.29) is 22.9 Å². The van der Waals surface area contributed by atoms with Gasteiger partial charge in [-0.05, 0) is 18.2 Å². The van der Waals surface area contributed by atoms with Gasteiger partial charge in [-0.25, -0.2) is 0 Å². The molecule has 2 aromatic carbocycles. The van der Waals surface area contributed by atoms with Crippen molar-refractivity contribution in [2.75, 3.05) is 5.75 Å². The van der Waals surface area contributed by atoms with Crippen LogP contribution in [0.25, 0.3) is 0 Å². The normalized spacial score (nSPS) is 10.1. The zero-order chi connectivity index (χ0) is 16.8. The molecule has 0 atom stereocenters. The Hall–Kier alpha value is -2.94. The number of esters is 1. The maximum atomic E-state index is 11.7. The van der Waals surface area contributed by atoms with Gasteiger partial charge < -0.3 is 4.74 Å². The monoisotopic (exact) mass is 334 g/mol. The summed E-state index contributed by atoms with van der Waals surface area (Å²) in [5.74, 6) is -0.562. The number of benzene rings is 2. The number of ether oxygens (including phenoxy) is 1. The lowest BCUT2D eigenvalue weighted by Gasteiger charge is -2.04. The number of nitro groups is 2. The van der Waals surface area contributed by atoms with E-state index in [1.165, 1.54) is 36.4 Å². The fraction of sp³-hybridized carbons (Fsp3) is 0.0714. The van der Waals surface area contributed by atoms with Gasteiger partial charge in [0.15, 0.2) is 0 Å². The number of nitrogens with zero attached hydrogens (tertiary/aromatic N) is 2. The highest BCUT2D eigenvalue weighted by atomic mass is 32.2. The van der Waals surface area contributed by atoms with Crippen molar-refractivity contribution < 1.29 is 19.4 Å². The van der Waals surface area contributed by atoms with Crippen LogP contribution in [0.4, 0.5) is 11.4 Å². The minimum absolute atomic E-state index is 0.0827. The Morgan fingerprint density at radius 1 is 1.00 bits per heavy atom. The second-order valence-corrected chi connectivity index (χ2v) is 5.26. The maximum absolute atomic E-state index is 11.7. The first-order chi connectivity index (χ1) is 11.0. The predicted molar refractivity (Wildman–Crippen MR) is 82.6 cm³/mol. The average Bonchev–Trinajstić information content (AvgIpc) is 2.53. The molecule has 0 amide bonds. The molecule has 118 valence electrons. The Bertz CT molecular complexity index is 747. The third-order valence-electron chi connectivity index (χ3n) is 2.69. The zero-order valence-electron chi connectivity index (χ0n) is 11.6. The zero-order valence-corrected chi connectivity index (χ0v) is 12.4. The highest BCUT2D eigenvalue weighted by Crippen LogP contribution is 2.28. The molecule has 2 rings (SSSR count). The fourth-order valence-corrected chi connectivity index (χ4v) is 2.46. The molecular weight excluding hydrogens is 324 g/mol. The molecule has 0 fully saturated rings. The minimum Gasteiger partial charge on any atom is -0.426 e. The number of para-hydroxylation sites is 1. The van der Waals surface area contributed by atoms with Gasteiger partial charge in [0.2, 0.25) is 0 Å². The van der Waals surface area contributed by atoms with Gasteiger partial charge in [-0.1, -0.05) is 12.1 Å². The van der Waals surface area contributed by atoms with E-state index in [1.807, 2.05) is 0 Å². The molecule has 0 unspecified atom stereocenters. The molecule has 0 saturated heterocycles. The number of carbonyl (C=O) groups excluding carboxylic acids is 1.